The van der Waals surface area contributed by atoms with Crippen LogP contribution >= 0.6 is 12.4 Å². The van der Waals surface area contributed by atoms with Crippen molar-refractivity contribution in [1.82, 2.24) is 10.2 Å². The zero-order valence-electron chi connectivity index (χ0n) is 10.4. The first kappa shape index (κ1) is 13.8. The van der Waals surface area contributed by atoms with Gasteiger partial charge in [-0.15, -0.1) is 12.4 Å². The Labute approximate surface area is 114 Å². The van der Waals surface area contributed by atoms with Gasteiger partial charge in [0, 0.05) is 25.2 Å². The summed E-state index contributed by atoms with van der Waals surface area (Å²) in [5.74, 6) is -0.122. The molecule has 0 radical (unpaired) electrons. The number of halogens is 2. The fraction of sp³-hybridized carbons (Fsp3) is 0.571. The van der Waals surface area contributed by atoms with Crippen LogP contribution in [0.15, 0.2) is 24.3 Å². The summed E-state index contributed by atoms with van der Waals surface area (Å²) < 4.78 is 13.2. The van der Waals surface area contributed by atoms with Crippen molar-refractivity contribution < 1.29 is 4.39 Å². The average Bonchev–Trinajstić information content (AvgIpc) is 2.52. The number of benzene rings is 1. The van der Waals surface area contributed by atoms with E-state index in [0.717, 1.165) is 25.2 Å². The Morgan fingerprint density at radius 3 is 2.89 bits per heavy atom. The summed E-state index contributed by atoms with van der Waals surface area (Å²) in [6, 6.07) is 8.35. The van der Waals surface area contributed by atoms with Crippen LogP contribution in [0, 0.1) is 5.82 Å². The highest BCUT2D eigenvalue weighted by atomic mass is 35.5. The van der Waals surface area contributed by atoms with Crippen LogP contribution in [0.2, 0.25) is 0 Å². The summed E-state index contributed by atoms with van der Waals surface area (Å²) >= 11 is 0. The third kappa shape index (κ3) is 2.85. The minimum absolute atomic E-state index is 0. The van der Waals surface area contributed by atoms with E-state index in [9.17, 15) is 4.39 Å². The van der Waals surface area contributed by atoms with Crippen LogP contribution in [0.1, 0.15) is 24.8 Å². The molecular weight excluding hydrogens is 251 g/mol. The lowest BCUT2D eigenvalue weighted by atomic mass is 10.1. The Morgan fingerprint density at radius 1 is 1.22 bits per heavy atom. The van der Waals surface area contributed by atoms with Crippen molar-refractivity contribution in [2.24, 2.45) is 0 Å². The van der Waals surface area contributed by atoms with Crippen LogP contribution in [-0.4, -0.2) is 30.1 Å². The van der Waals surface area contributed by atoms with Gasteiger partial charge in [0.1, 0.15) is 5.82 Å². The molecule has 3 rings (SSSR count). The maximum Gasteiger partial charge on any atom is 0.123 e. The molecule has 18 heavy (non-hydrogen) atoms. The molecule has 2 nitrogen and oxygen atoms in total. The molecule has 2 saturated heterocycles. The molecule has 2 fully saturated rings. The topological polar surface area (TPSA) is 15.3 Å². The maximum absolute atomic E-state index is 13.2. The van der Waals surface area contributed by atoms with Crippen molar-refractivity contribution in [2.45, 2.75) is 37.9 Å². The molecule has 0 spiro atoms. The molecule has 0 amide bonds. The van der Waals surface area contributed by atoms with Gasteiger partial charge in [-0.2, -0.15) is 0 Å². The van der Waals surface area contributed by atoms with E-state index in [1.807, 2.05) is 12.1 Å². The summed E-state index contributed by atoms with van der Waals surface area (Å²) in [6.07, 6.45) is 3.82. The van der Waals surface area contributed by atoms with E-state index in [0.29, 0.717) is 12.1 Å². The molecule has 2 aliphatic heterocycles. The van der Waals surface area contributed by atoms with Crippen molar-refractivity contribution >= 4 is 12.4 Å². The summed E-state index contributed by atoms with van der Waals surface area (Å²) in [5.41, 5.74) is 1.10. The zero-order valence-corrected chi connectivity index (χ0v) is 11.3. The first-order valence-corrected chi connectivity index (χ1v) is 6.54. The molecule has 2 heterocycles. The number of hydrogen-bond acceptors (Lipinski definition) is 2. The SMILES string of the molecule is Cl.Fc1cccc(CN2C3CCNCC2CC3)c1. The Kier molecular flexibility index (Phi) is 4.60. The highest BCUT2D eigenvalue weighted by molar-refractivity contribution is 5.85. The fourth-order valence-electron chi connectivity index (χ4n) is 3.19. The van der Waals surface area contributed by atoms with Gasteiger partial charge < -0.3 is 5.32 Å². The van der Waals surface area contributed by atoms with Gasteiger partial charge in [-0.05, 0) is 43.5 Å². The number of nitrogens with one attached hydrogen (secondary N) is 1. The second kappa shape index (κ2) is 6.00. The molecule has 1 N–H and O–H groups in total. The minimum atomic E-state index is -0.122. The molecule has 100 valence electrons. The molecule has 4 heteroatoms. The predicted molar refractivity (Wildman–Crippen MR) is 73.5 cm³/mol. The second-order valence-electron chi connectivity index (χ2n) is 5.18. The molecule has 2 unspecified atom stereocenters. The first-order valence-electron chi connectivity index (χ1n) is 6.54. The summed E-state index contributed by atoms with van der Waals surface area (Å²) in [4.78, 5) is 2.56. The molecule has 2 bridgehead atoms. The molecule has 1 aromatic carbocycles. The Hall–Kier alpha value is -0.640. The second-order valence-corrected chi connectivity index (χ2v) is 5.18. The Morgan fingerprint density at radius 2 is 2.06 bits per heavy atom. The largest absolute Gasteiger partial charge is 0.315 e. The molecule has 0 aromatic heterocycles. The van der Waals surface area contributed by atoms with Crippen LogP contribution in [0.5, 0.6) is 0 Å². The van der Waals surface area contributed by atoms with Crippen molar-refractivity contribution in [3.8, 4) is 0 Å². The number of fused-ring (bicyclic) bond motifs is 2. The Bertz CT molecular complexity index is 385. The van der Waals surface area contributed by atoms with E-state index in [-0.39, 0.29) is 18.2 Å². The van der Waals surface area contributed by atoms with Gasteiger partial charge in [-0.3, -0.25) is 4.90 Å². The standard InChI is InChI=1S/C14H19FN2.ClH/c15-12-3-1-2-11(8-12)10-17-13-4-5-14(17)9-16-7-6-13;/h1-3,8,13-14,16H,4-7,9-10H2;1H. The number of hydrogen-bond donors (Lipinski definition) is 1. The van der Waals surface area contributed by atoms with Crippen LogP contribution < -0.4 is 5.32 Å². The monoisotopic (exact) mass is 270 g/mol. The highest BCUT2D eigenvalue weighted by Crippen LogP contribution is 2.29. The number of nitrogens with zero attached hydrogens (tertiary/aromatic N) is 1. The minimum Gasteiger partial charge on any atom is -0.315 e. The highest BCUT2D eigenvalue weighted by Gasteiger charge is 2.34. The lowest BCUT2D eigenvalue weighted by Gasteiger charge is -2.27. The van der Waals surface area contributed by atoms with Crippen LogP contribution in [-0.2, 0) is 6.54 Å². The van der Waals surface area contributed by atoms with Crippen molar-refractivity contribution in [3.05, 3.63) is 35.6 Å². The van der Waals surface area contributed by atoms with E-state index < -0.39 is 0 Å². The predicted octanol–water partition coefficient (Wildman–Crippen LogP) is 2.57. The molecule has 1 aromatic rings. The van der Waals surface area contributed by atoms with Gasteiger partial charge in [-0.25, -0.2) is 4.39 Å². The molecule has 0 aliphatic carbocycles. The van der Waals surface area contributed by atoms with Crippen LogP contribution in [0.4, 0.5) is 4.39 Å². The average molecular weight is 271 g/mol. The van der Waals surface area contributed by atoms with Crippen LogP contribution in [0.25, 0.3) is 0 Å². The van der Waals surface area contributed by atoms with E-state index in [4.69, 9.17) is 0 Å². The molecule has 2 atom stereocenters. The smallest absolute Gasteiger partial charge is 0.123 e. The van der Waals surface area contributed by atoms with Crippen molar-refractivity contribution in [1.29, 1.82) is 0 Å². The summed E-state index contributed by atoms with van der Waals surface area (Å²) in [6.45, 7) is 3.11. The van der Waals surface area contributed by atoms with Gasteiger partial charge in [-0.1, -0.05) is 12.1 Å². The lowest BCUT2D eigenvalue weighted by molar-refractivity contribution is 0.193. The third-order valence-electron chi connectivity index (χ3n) is 4.06. The van der Waals surface area contributed by atoms with E-state index in [1.165, 1.54) is 25.3 Å². The van der Waals surface area contributed by atoms with Crippen LogP contribution in [0.3, 0.4) is 0 Å². The summed E-state index contributed by atoms with van der Waals surface area (Å²) in [7, 11) is 0. The molecular formula is C14H20ClFN2. The maximum atomic E-state index is 13.2. The van der Waals surface area contributed by atoms with Crippen molar-refractivity contribution in [3.63, 3.8) is 0 Å². The molecule has 2 aliphatic rings. The quantitative estimate of drug-likeness (QED) is 0.889. The van der Waals surface area contributed by atoms with Gasteiger partial charge >= 0.3 is 0 Å². The first-order chi connectivity index (χ1) is 8.33. The van der Waals surface area contributed by atoms with Crippen molar-refractivity contribution in [2.75, 3.05) is 13.1 Å². The van der Waals surface area contributed by atoms with E-state index in [1.54, 1.807) is 6.07 Å². The van der Waals surface area contributed by atoms with E-state index in [2.05, 4.69) is 10.2 Å². The molecule has 0 saturated carbocycles. The van der Waals surface area contributed by atoms with Gasteiger partial charge in [0.25, 0.3) is 0 Å². The Balaban J connectivity index is 0.00000120. The van der Waals surface area contributed by atoms with E-state index >= 15 is 0 Å². The van der Waals surface area contributed by atoms with Gasteiger partial charge in [0.05, 0.1) is 0 Å². The number of rotatable bonds is 2. The summed E-state index contributed by atoms with van der Waals surface area (Å²) in [5, 5.41) is 3.49. The normalized spacial score (nSPS) is 27.6. The van der Waals surface area contributed by atoms with Gasteiger partial charge in [0.15, 0.2) is 0 Å². The third-order valence-corrected chi connectivity index (χ3v) is 4.06. The lowest BCUT2D eigenvalue weighted by Crippen LogP contribution is -2.37. The van der Waals surface area contributed by atoms with Gasteiger partial charge in [0.2, 0.25) is 0 Å². The zero-order chi connectivity index (χ0) is 11.7. The fourth-order valence-corrected chi connectivity index (χ4v) is 3.19.